The molecule has 0 aliphatic rings. The van der Waals surface area contributed by atoms with Crippen LogP contribution in [0.25, 0.3) is 11.0 Å². The lowest BCUT2D eigenvalue weighted by atomic mass is 10.1. The van der Waals surface area contributed by atoms with Crippen LogP contribution in [-0.4, -0.2) is 9.97 Å². The molecule has 2 aromatic rings. The zero-order valence-corrected chi connectivity index (χ0v) is 8.52. The van der Waals surface area contributed by atoms with E-state index in [-0.39, 0.29) is 5.28 Å². The first-order chi connectivity index (χ1) is 6.72. The van der Waals surface area contributed by atoms with Crippen LogP contribution >= 0.6 is 23.2 Å². The number of rotatable bonds is 1. The maximum absolute atomic E-state index is 8.60. The third-order valence-electron chi connectivity index (χ3n) is 1.92. The van der Waals surface area contributed by atoms with E-state index in [1.807, 2.05) is 0 Å². The van der Waals surface area contributed by atoms with E-state index < -0.39 is 0 Å². The van der Waals surface area contributed by atoms with E-state index in [0.29, 0.717) is 22.5 Å². The van der Waals surface area contributed by atoms with Crippen LogP contribution in [-0.2, 0) is 6.42 Å². The number of halogens is 2. The minimum atomic E-state index is 0.285. The van der Waals surface area contributed by atoms with Gasteiger partial charge in [-0.15, -0.1) is 0 Å². The minimum absolute atomic E-state index is 0.285. The van der Waals surface area contributed by atoms with Crippen LogP contribution < -0.4 is 0 Å². The first-order valence-corrected chi connectivity index (χ1v) is 4.67. The summed E-state index contributed by atoms with van der Waals surface area (Å²) in [5.41, 5.74) is 2.18. The number of aromatic nitrogens is 2. The average Bonchev–Trinajstić information content (AvgIpc) is 2.53. The van der Waals surface area contributed by atoms with Crippen molar-refractivity contribution in [1.29, 1.82) is 5.26 Å². The average molecular weight is 226 g/mol. The SMILES string of the molecule is N#CCc1ccc(Cl)c2[nH]c(Cl)nc12. The molecule has 0 saturated heterocycles. The van der Waals surface area contributed by atoms with Gasteiger partial charge in [0.1, 0.15) is 0 Å². The number of nitriles is 1. The second-order valence-electron chi connectivity index (χ2n) is 2.79. The fourth-order valence-electron chi connectivity index (χ4n) is 1.31. The monoisotopic (exact) mass is 225 g/mol. The molecule has 3 nitrogen and oxygen atoms in total. The standard InChI is InChI=1S/C9H5Cl2N3/c10-6-2-1-5(3-4-12)7-8(6)14-9(11)13-7/h1-2H,3H2,(H,13,14). The molecule has 0 aliphatic carbocycles. The molecule has 2 rings (SSSR count). The smallest absolute Gasteiger partial charge is 0.201 e. The summed E-state index contributed by atoms with van der Waals surface area (Å²) in [6, 6.07) is 5.57. The first kappa shape index (κ1) is 9.32. The number of H-pyrrole nitrogens is 1. The number of hydrogen-bond donors (Lipinski definition) is 1. The van der Waals surface area contributed by atoms with Gasteiger partial charge in [0.05, 0.1) is 28.5 Å². The molecule has 0 bridgehead atoms. The van der Waals surface area contributed by atoms with Gasteiger partial charge in [0, 0.05) is 0 Å². The Morgan fingerprint density at radius 2 is 2.21 bits per heavy atom. The highest BCUT2D eigenvalue weighted by Gasteiger charge is 2.09. The molecule has 1 heterocycles. The molecule has 0 spiro atoms. The summed E-state index contributed by atoms with van der Waals surface area (Å²) in [6.45, 7) is 0. The molecular weight excluding hydrogens is 221 g/mol. The largest absolute Gasteiger partial charge is 0.327 e. The van der Waals surface area contributed by atoms with E-state index in [9.17, 15) is 0 Å². The van der Waals surface area contributed by atoms with E-state index in [1.165, 1.54) is 0 Å². The van der Waals surface area contributed by atoms with Crippen molar-refractivity contribution in [3.05, 3.63) is 28.0 Å². The molecular formula is C9H5Cl2N3. The van der Waals surface area contributed by atoms with E-state index in [0.717, 1.165) is 5.56 Å². The molecule has 0 aliphatic heterocycles. The number of hydrogen-bond acceptors (Lipinski definition) is 2. The summed E-state index contributed by atoms with van der Waals surface area (Å²) in [5, 5.41) is 9.44. The second kappa shape index (κ2) is 3.49. The number of fused-ring (bicyclic) bond motifs is 1. The maximum Gasteiger partial charge on any atom is 0.201 e. The zero-order valence-electron chi connectivity index (χ0n) is 7.01. The highest BCUT2D eigenvalue weighted by Crippen LogP contribution is 2.26. The van der Waals surface area contributed by atoms with Gasteiger partial charge in [0.25, 0.3) is 0 Å². The molecule has 0 amide bonds. The Hall–Kier alpha value is -1.24. The highest BCUT2D eigenvalue weighted by molar-refractivity contribution is 6.35. The Balaban J connectivity index is 2.75. The van der Waals surface area contributed by atoms with E-state index in [1.54, 1.807) is 12.1 Å². The Kier molecular flexibility index (Phi) is 2.32. The van der Waals surface area contributed by atoms with Crippen molar-refractivity contribution in [2.75, 3.05) is 0 Å². The number of aromatic amines is 1. The van der Waals surface area contributed by atoms with Crippen LogP contribution in [0.15, 0.2) is 12.1 Å². The third kappa shape index (κ3) is 1.43. The molecule has 1 aromatic carbocycles. The highest BCUT2D eigenvalue weighted by atomic mass is 35.5. The number of nitrogens with one attached hydrogen (secondary N) is 1. The first-order valence-electron chi connectivity index (χ1n) is 3.92. The van der Waals surface area contributed by atoms with Crippen molar-refractivity contribution in [1.82, 2.24) is 9.97 Å². The summed E-state index contributed by atoms with van der Waals surface area (Å²) < 4.78 is 0. The number of benzene rings is 1. The van der Waals surface area contributed by atoms with Crippen molar-refractivity contribution in [3.8, 4) is 6.07 Å². The fourth-order valence-corrected chi connectivity index (χ4v) is 1.69. The van der Waals surface area contributed by atoms with Gasteiger partial charge in [-0.05, 0) is 23.2 Å². The lowest BCUT2D eigenvalue weighted by Gasteiger charge is -1.97. The Morgan fingerprint density at radius 1 is 1.43 bits per heavy atom. The molecule has 5 heteroatoms. The Morgan fingerprint density at radius 3 is 2.93 bits per heavy atom. The van der Waals surface area contributed by atoms with Crippen LogP contribution in [0.3, 0.4) is 0 Å². The summed E-state index contributed by atoms with van der Waals surface area (Å²) in [4.78, 5) is 6.91. The summed E-state index contributed by atoms with van der Waals surface area (Å²) >= 11 is 11.6. The minimum Gasteiger partial charge on any atom is -0.327 e. The lowest BCUT2D eigenvalue weighted by molar-refractivity contribution is 1.26. The van der Waals surface area contributed by atoms with Crippen molar-refractivity contribution in [2.45, 2.75) is 6.42 Å². The van der Waals surface area contributed by atoms with Crippen LogP contribution in [0.2, 0.25) is 10.3 Å². The quantitative estimate of drug-likeness (QED) is 0.812. The molecule has 70 valence electrons. The molecule has 0 radical (unpaired) electrons. The van der Waals surface area contributed by atoms with Crippen LogP contribution in [0.4, 0.5) is 0 Å². The van der Waals surface area contributed by atoms with Crippen molar-refractivity contribution < 1.29 is 0 Å². The lowest BCUT2D eigenvalue weighted by Crippen LogP contribution is -1.84. The predicted octanol–water partition coefficient (Wildman–Crippen LogP) is 2.94. The van der Waals surface area contributed by atoms with Crippen LogP contribution in [0.1, 0.15) is 5.56 Å². The Bertz CT molecular complexity index is 525. The predicted molar refractivity (Wildman–Crippen MR) is 55.4 cm³/mol. The molecule has 1 N–H and O–H groups in total. The van der Waals surface area contributed by atoms with E-state index in [2.05, 4.69) is 16.0 Å². The van der Waals surface area contributed by atoms with Gasteiger partial charge >= 0.3 is 0 Å². The van der Waals surface area contributed by atoms with Crippen LogP contribution in [0, 0.1) is 11.3 Å². The number of nitrogens with zero attached hydrogens (tertiary/aromatic N) is 2. The number of imidazole rings is 1. The second-order valence-corrected chi connectivity index (χ2v) is 3.56. The van der Waals surface area contributed by atoms with Gasteiger partial charge in [-0.25, -0.2) is 4.98 Å². The molecule has 0 unspecified atom stereocenters. The topological polar surface area (TPSA) is 52.5 Å². The molecule has 14 heavy (non-hydrogen) atoms. The molecule has 0 fully saturated rings. The van der Waals surface area contributed by atoms with Crippen molar-refractivity contribution >= 4 is 34.2 Å². The van der Waals surface area contributed by atoms with E-state index >= 15 is 0 Å². The molecule has 1 aromatic heterocycles. The summed E-state index contributed by atoms with van der Waals surface area (Å²) in [5.74, 6) is 0. The van der Waals surface area contributed by atoms with Gasteiger partial charge in [0.2, 0.25) is 5.28 Å². The van der Waals surface area contributed by atoms with Gasteiger partial charge in [-0.3, -0.25) is 0 Å². The van der Waals surface area contributed by atoms with Gasteiger partial charge in [-0.1, -0.05) is 17.7 Å². The normalized spacial score (nSPS) is 10.4. The van der Waals surface area contributed by atoms with Crippen molar-refractivity contribution in [3.63, 3.8) is 0 Å². The summed E-state index contributed by atoms with van der Waals surface area (Å²) in [7, 11) is 0. The van der Waals surface area contributed by atoms with Gasteiger partial charge in [0.15, 0.2) is 0 Å². The third-order valence-corrected chi connectivity index (χ3v) is 2.41. The van der Waals surface area contributed by atoms with E-state index in [4.69, 9.17) is 28.5 Å². The maximum atomic E-state index is 8.60. The summed E-state index contributed by atoms with van der Waals surface area (Å²) in [6.07, 6.45) is 0.300. The molecule has 0 atom stereocenters. The Labute approximate surface area is 90.3 Å². The molecule has 0 saturated carbocycles. The van der Waals surface area contributed by atoms with Crippen molar-refractivity contribution in [2.24, 2.45) is 0 Å². The fraction of sp³-hybridized carbons (Fsp3) is 0.111. The van der Waals surface area contributed by atoms with Gasteiger partial charge in [-0.2, -0.15) is 5.26 Å². The zero-order chi connectivity index (χ0) is 10.1. The van der Waals surface area contributed by atoms with Gasteiger partial charge < -0.3 is 4.98 Å². The van der Waals surface area contributed by atoms with Crippen LogP contribution in [0.5, 0.6) is 0 Å².